The van der Waals surface area contributed by atoms with Gasteiger partial charge in [-0.15, -0.1) is 0 Å². The summed E-state index contributed by atoms with van der Waals surface area (Å²) in [6.07, 6.45) is 1.56. The number of benzene rings is 2. The lowest BCUT2D eigenvalue weighted by molar-refractivity contribution is -0.385. The van der Waals surface area contributed by atoms with E-state index in [2.05, 4.69) is 5.32 Å². The molecule has 1 fully saturated rings. The number of carbonyl (C=O) groups is 1. The van der Waals surface area contributed by atoms with E-state index in [9.17, 15) is 14.9 Å². The third-order valence-electron chi connectivity index (χ3n) is 5.04. The van der Waals surface area contributed by atoms with Crippen LogP contribution in [0.4, 0.5) is 5.69 Å². The number of furan rings is 1. The second kappa shape index (κ2) is 9.43. The van der Waals surface area contributed by atoms with E-state index in [1.165, 1.54) is 23.1 Å². The lowest BCUT2D eigenvalue weighted by Gasteiger charge is -2.23. The van der Waals surface area contributed by atoms with Crippen molar-refractivity contribution in [2.45, 2.75) is 19.6 Å². The van der Waals surface area contributed by atoms with Crippen molar-refractivity contribution in [3.05, 3.63) is 98.6 Å². The van der Waals surface area contributed by atoms with Crippen LogP contribution in [-0.2, 0) is 11.4 Å². The lowest BCUT2D eigenvalue weighted by atomic mass is 10.1. The zero-order valence-electron chi connectivity index (χ0n) is 17.4. The van der Waals surface area contributed by atoms with Crippen LogP contribution in [0.15, 0.2) is 70.8 Å². The molecule has 0 spiro atoms. The number of nitro benzene ring substituents is 1. The molecule has 1 amide bonds. The number of hydrogen-bond acceptors (Lipinski definition) is 6. The second-order valence-electron chi connectivity index (χ2n) is 7.21. The molecule has 0 aliphatic carbocycles. The fraction of sp³-hybridized carbons (Fsp3) is 0.130. The summed E-state index contributed by atoms with van der Waals surface area (Å²) in [5, 5.41) is 14.7. The van der Waals surface area contributed by atoms with E-state index in [4.69, 9.17) is 33.0 Å². The van der Waals surface area contributed by atoms with Gasteiger partial charge in [-0.2, -0.15) is 0 Å². The first-order chi connectivity index (χ1) is 15.8. The SMILES string of the molecule is CC(c1ccccc1)N1C(=O)/C(=C/c2ccc(COc3ccc(Cl)cc3[N+](=O)[O-])o2)NC1=S. The third kappa shape index (κ3) is 4.89. The Kier molecular flexibility index (Phi) is 6.43. The number of ether oxygens (including phenoxy) is 1. The van der Waals surface area contributed by atoms with E-state index >= 15 is 0 Å². The predicted octanol–water partition coefficient (Wildman–Crippen LogP) is 5.24. The van der Waals surface area contributed by atoms with Crippen molar-refractivity contribution in [1.82, 2.24) is 10.2 Å². The molecular weight excluding hydrogens is 466 g/mol. The molecule has 1 aromatic heterocycles. The highest BCUT2D eigenvalue weighted by atomic mass is 35.5. The van der Waals surface area contributed by atoms with Crippen LogP contribution in [-0.4, -0.2) is 20.8 Å². The van der Waals surface area contributed by atoms with Crippen LogP contribution >= 0.6 is 23.8 Å². The molecule has 1 N–H and O–H groups in total. The highest BCUT2D eigenvalue weighted by molar-refractivity contribution is 7.80. The minimum Gasteiger partial charge on any atom is -0.479 e. The molecule has 2 aromatic carbocycles. The van der Waals surface area contributed by atoms with Gasteiger partial charge < -0.3 is 14.5 Å². The number of carbonyl (C=O) groups excluding carboxylic acids is 1. The fourth-order valence-corrected chi connectivity index (χ4v) is 3.89. The predicted molar refractivity (Wildman–Crippen MR) is 127 cm³/mol. The molecule has 3 aromatic rings. The van der Waals surface area contributed by atoms with Crippen molar-refractivity contribution in [2.24, 2.45) is 0 Å². The van der Waals surface area contributed by atoms with Gasteiger partial charge in [0.2, 0.25) is 0 Å². The van der Waals surface area contributed by atoms with Crippen molar-refractivity contribution in [3.63, 3.8) is 0 Å². The average Bonchev–Trinajstić information content (AvgIpc) is 3.36. The molecule has 0 saturated carbocycles. The third-order valence-corrected chi connectivity index (χ3v) is 5.57. The summed E-state index contributed by atoms with van der Waals surface area (Å²) in [4.78, 5) is 25.1. The summed E-state index contributed by atoms with van der Waals surface area (Å²) in [6, 6.07) is 16.8. The topological polar surface area (TPSA) is 97.9 Å². The van der Waals surface area contributed by atoms with Crippen molar-refractivity contribution < 1.29 is 18.9 Å². The zero-order valence-corrected chi connectivity index (χ0v) is 18.9. The van der Waals surface area contributed by atoms with E-state index in [1.807, 2.05) is 37.3 Å². The normalized spacial score (nSPS) is 15.6. The minimum atomic E-state index is -0.568. The highest BCUT2D eigenvalue weighted by Crippen LogP contribution is 2.31. The number of halogens is 1. The molecule has 168 valence electrons. The van der Waals surface area contributed by atoms with E-state index in [-0.39, 0.29) is 40.7 Å². The van der Waals surface area contributed by atoms with Gasteiger partial charge in [-0.05, 0) is 49.0 Å². The fourth-order valence-electron chi connectivity index (χ4n) is 3.38. The summed E-state index contributed by atoms with van der Waals surface area (Å²) >= 11 is 11.2. The Morgan fingerprint density at radius 1 is 1.24 bits per heavy atom. The molecular formula is C23H18ClN3O5S. The number of nitro groups is 1. The number of amides is 1. The quantitative estimate of drug-likeness (QED) is 0.212. The number of hydrogen-bond donors (Lipinski definition) is 1. The summed E-state index contributed by atoms with van der Waals surface area (Å²) in [5.41, 5.74) is 1.02. The Bertz CT molecular complexity index is 1260. The standard InChI is InChI=1S/C23H18ClN3O5S/c1-14(15-5-3-2-4-6-15)26-22(28)19(25-23(26)33)12-17-8-9-18(32-17)13-31-21-10-7-16(24)11-20(21)27(29)30/h2-12,14H,13H2,1H3,(H,25,33)/b19-12-. The number of rotatable bonds is 7. The second-order valence-corrected chi connectivity index (χ2v) is 8.04. The highest BCUT2D eigenvalue weighted by Gasteiger charge is 2.35. The van der Waals surface area contributed by atoms with Gasteiger partial charge in [0, 0.05) is 17.2 Å². The maximum Gasteiger partial charge on any atom is 0.312 e. The van der Waals surface area contributed by atoms with Crippen LogP contribution in [0.2, 0.25) is 5.02 Å². The monoisotopic (exact) mass is 483 g/mol. The molecule has 8 nitrogen and oxygen atoms in total. The molecule has 4 rings (SSSR count). The first-order valence-electron chi connectivity index (χ1n) is 9.90. The van der Waals surface area contributed by atoms with Crippen LogP contribution in [0.3, 0.4) is 0 Å². The van der Waals surface area contributed by atoms with E-state index < -0.39 is 4.92 Å². The molecule has 2 heterocycles. The van der Waals surface area contributed by atoms with Gasteiger partial charge >= 0.3 is 5.69 Å². The minimum absolute atomic E-state index is 0.0391. The van der Waals surface area contributed by atoms with Gasteiger partial charge in [-0.3, -0.25) is 19.8 Å². The van der Waals surface area contributed by atoms with Gasteiger partial charge in [-0.25, -0.2) is 0 Å². The van der Waals surface area contributed by atoms with Crippen molar-refractivity contribution in [2.75, 3.05) is 0 Å². The number of thiocarbonyl (C=S) groups is 1. The maximum atomic E-state index is 12.9. The van der Waals surface area contributed by atoms with E-state index in [0.717, 1.165) is 5.56 Å². The molecule has 0 radical (unpaired) electrons. The molecule has 1 saturated heterocycles. The molecule has 1 unspecified atom stereocenters. The van der Waals surface area contributed by atoms with Crippen LogP contribution in [0.1, 0.15) is 30.0 Å². The van der Waals surface area contributed by atoms with Crippen molar-refractivity contribution in [1.29, 1.82) is 0 Å². The Morgan fingerprint density at radius 2 is 2.00 bits per heavy atom. The Morgan fingerprint density at radius 3 is 2.73 bits per heavy atom. The van der Waals surface area contributed by atoms with E-state index in [1.54, 1.807) is 18.2 Å². The van der Waals surface area contributed by atoms with Gasteiger partial charge in [0.15, 0.2) is 10.9 Å². The van der Waals surface area contributed by atoms with Crippen molar-refractivity contribution >= 4 is 46.6 Å². The van der Waals surface area contributed by atoms with Gasteiger partial charge in [0.1, 0.15) is 23.8 Å². The van der Waals surface area contributed by atoms with Crippen LogP contribution in [0, 0.1) is 10.1 Å². The Hall–Kier alpha value is -3.69. The maximum absolute atomic E-state index is 12.9. The summed E-state index contributed by atoms with van der Waals surface area (Å²) in [6.45, 7) is 1.87. The first-order valence-corrected chi connectivity index (χ1v) is 10.7. The van der Waals surface area contributed by atoms with Gasteiger partial charge in [-0.1, -0.05) is 41.9 Å². The van der Waals surface area contributed by atoms with E-state index in [0.29, 0.717) is 16.6 Å². The first kappa shape index (κ1) is 22.5. The zero-order chi connectivity index (χ0) is 23.5. The lowest BCUT2D eigenvalue weighted by Crippen LogP contribution is -2.33. The van der Waals surface area contributed by atoms with Crippen LogP contribution in [0.5, 0.6) is 5.75 Å². The molecule has 0 bridgehead atoms. The average molecular weight is 484 g/mol. The number of nitrogens with one attached hydrogen (secondary N) is 1. The summed E-state index contributed by atoms with van der Waals surface area (Å²) < 4.78 is 11.2. The molecule has 1 aliphatic heterocycles. The smallest absolute Gasteiger partial charge is 0.312 e. The van der Waals surface area contributed by atoms with Crippen LogP contribution in [0.25, 0.3) is 6.08 Å². The largest absolute Gasteiger partial charge is 0.479 e. The van der Waals surface area contributed by atoms with Gasteiger partial charge in [0.05, 0.1) is 11.0 Å². The summed E-state index contributed by atoms with van der Waals surface area (Å²) in [7, 11) is 0. The van der Waals surface area contributed by atoms with Crippen molar-refractivity contribution in [3.8, 4) is 5.75 Å². The molecule has 1 atom stereocenters. The van der Waals surface area contributed by atoms with Crippen LogP contribution < -0.4 is 10.1 Å². The Balaban J connectivity index is 1.46. The van der Waals surface area contributed by atoms with Gasteiger partial charge in [0.25, 0.3) is 5.91 Å². The molecule has 33 heavy (non-hydrogen) atoms. The molecule has 1 aliphatic rings. The summed E-state index contributed by atoms with van der Waals surface area (Å²) in [5.74, 6) is 0.646. The molecule has 10 heteroatoms. The number of nitrogens with zero attached hydrogens (tertiary/aromatic N) is 2. The Labute approximate surface area is 199 Å².